The highest BCUT2D eigenvalue weighted by atomic mass is 16.5. The normalized spacial score (nSPS) is 10.4. The van der Waals surface area contributed by atoms with E-state index in [1.807, 2.05) is 13.0 Å². The quantitative estimate of drug-likeness (QED) is 0.243. The summed E-state index contributed by atoms with van der Waals surface area (Å²) in [7, 11) is 0. The van der Waals surface area contributed by atoms with Gasteiger partial charge in [-0.15, -0.1) is 6.58 Å². The summed E-state index contributed by atoms with van der Waals surface area (Å²) < 4.78 is 5.19. The highest BCUT2D eigenvalue weighted by molar-refractivity contribution is 5.06. The molecule has 0 aromatic rings. The summed E-state index contributed by atoms with van der Waals surface area (Å²) in [4.78, 5) is 0. The Balaban J connectivity index is 3.35. The van der Waals surface area contributed by atoms with Crippen LogP contribution in [0, 0.1) is 0 Å². The molecule has 0 atom stereocenters. The van der Waals surface area contributed by atoms with Crippen molar-refractivity contribution in [2.45, 2.75) is 39.5 Å². The molecule has 0 saturated heterocycles. The van der Waals surface area contributed by atoms with E-state index >= 15 is 0 Å². The van der Waals surface area contributed by atoms with E-state index < -0.39 is 0 Å². The maximum absolute atomic E-state index is 5.19. The largest absolute Gasteiger partial charge is 0.495 e. The summed E-state index contributed by atoms with van der Waals surface area (Å²) in [6, 6.07) is 0. The molecule has 1 heteroatoms. The second-order valence-electron chi connectivity index (χ2n) is 3.50. The molecule has 80 valence electrons. The lowest BCUT2D eigenvalue weighted by molar-refractivity contribution is 0.244. The number of hydrogen-bond donors (Lipinski definition) is 0. The molecular weight excluding hydrogens is 172 g/mol. The minimum atomic E-state index is 0.693. The molecule has 0 aliphatic rings. The highest BCUT2D eigenvalue weighted by Crippen LogP contribution is 2.07. The third-order valence-electron chi connectivity index (χ3n) is 1.86. The molecule has 0 aliphatic carbocycles. The van der Waals surface area contributed by atoms with Crippen molar-refractivity contribution in [2.24, 2.45) is 0 Å². The van der Waals surface area contributed by atoms with Crippen molar-refractivity contribution in [1.29, 1.82) is 0 Å². The van der Waals surface area contributed by atoms with Gasteiger partial charge in [0.15, 0.2) is 0 Å². The van der Waals surface area contributed by atoms with Crippen LogP contribution in [0.25, 0.3) is 0 Å². The van der Waals surface area contributed by atoms with Crippen LogP contribution in [0.3, 0.4) is 0 Å². The number of rotatable bonds is 8. The van der Waals surface area contributed by atoms with Crippen LogP contribution >= 0.6 is 0 Å². The van der Waals surface area contributed by atoms with Gasteiger partial charge in [-0.05, 0) is 45.6 Å². The lowest BCUT2D eigenvalue weighted by atomic mass is 10.1. The molecule has 0 saturated carbocycles. The minimum absolute atomic E-state index is 0.693. The van der Waals surface area contributed by atoms with Crippen LogP contribution in [0.2, 0.25) is 0 Å². The third kappa shape index (κ3) is 9.11. The Bertz CT molecular complexity index is 201. The van der Waals surface area contributed by atoms with Crippen LogP contribution < -0.4 is 0 Å². The fraction of sp³-hybridized carbons (Fsp3) is 0.538. The van der Waals surface area contributed by atoms with Crippen LogP contribution in [0.15, 0.2) is 36.6 Å². The molecule has 0 aromatic heterocycles. The molecule has 0 spiro atoms. The first kappa shape index (κ1) is 13.0. The van der Waals surface area contributed by atoms with E-state index in [1.165, 1.54) is 18.4 Å². The fourth-order valence-electron chi connectivity index (χ4n) is 1.14. The predicted octanol–water partition coefficient (Wildman–Crippen LogP) is 4.23. The molecule has 0 bridgehead atoms. The van der Waals surface area contributed by atoms with E-state index in [9.17, 15) is 0 Å². The molecule has 0 unspecified atom stereocenters. The van der Waals surface area contributed by atoms with Crippen LogP contribution in [0.1, 0.15) is 39.5 Å². The van der Waals surface area contributed by atoms with Crippen molar-refractivity contribution in [1.82, 2.24) is 0 Å². The molecule has 0 radical (unpaired) electrons. The first-order valence-electron chi connectivity index (χ1n) is 5.29. The Kier molecular flexibility index (Phi) is 8.01. The zero-order valence-corrected chi connectivity index (χ0v) is 9.51. The lowest BCUT2D eigenvalue weighted by Crippen LogP contribution is -1.85. The van der Waals surface area contributed by atoms with Crippen molar-refractivity contribution in [2.75, 3.05) is 6.61 Å². The van der Waals surface area contributed by atoms with Crippen LogP contribution in [0.4, 0.5) is 0 Å². The smallest absolute Gasteiger partial charge is 0.111 e. The van der Waals surface area contributed by atoms with E-state index in [4.69, 9.17) is 4.74 Å². The van der Waals surface area contributed by atoms with E-state index in [0.717, 1.165) is 18.6 Å². The Morgan fingerprint density at radius 2 is 2.00 bits per heavy atom. The summed E-state index contributed by atoms with van der Waals surface area (Å²) in [5.41, 5.74) is 1.27. The molecule has 0 heterocycles. The Morgan fingerprint density at radius 3 is 2.57 bits per heavy atom. The average molecular weight is 194 g/mol. The monoisotopic (exact) mass is 194 g/mol. The molecule has 0 aliphatic heterocycles. The van der Waals surface area contributed by atoms with Gasteiger partial charge in [0, 0.05) is 0 Å². The molecule has 0 aromatic carbocycles. The van der Waals surface area contributed by atoms with E-state index in [1.54, 1.807) is 0 Å². The maximum Gasteiger partial charge on any atom is 0.111 e. The number of ether oxygens (including phenoxy) is 1. The summed E-state index contributed by atoms with van der Waals surface area (Å²) in [6.45, 7) is 12.4. The summed E-state index contributed by atoms with van der Waals surface area (Å²) >= 11 is 0. The minimum Gasteiger partial charge on any atom is -0.495 e. The van der Waals surface area contributed by atoms with E-state index in [-0.39, 0.29) is 0 Å². The molecule has 0 fully saturated rings. The second-order valence-corrected chi connectivity index (χ2v) is 3.50. The Morgan fingerprint density at radius 1 is 1.29 bits per heavy atom. The van der Waals surface area contributed by atoms with Gasteiger partial charge in [0.1, 0.15) is 5.76 Å². The molecule has 0 amide bonds. The van der Waals surface area contributed by atoms with Gasteiger partial charge in [-0.3, -0.25) is 0 Å². The summed E-state index contributed by atoms with van der Waals surface area (Å²) in [6.07, 6.45) is 8.74. The first-order chi connectivity index (χ1) is 6.66. The number of hydrogen-bond acceptors (Lipinski definition) is 1. The molecular formula is C13H22O. The van der Waals surface area contributed by atoms with Crippen molar-refractivity contribution < 1.29 is 4.74 Å². The van der Waals surface area contributed by atoms with Crippen molar-refractivity contribution in [3.63, 3.8) is 0 Å². The molecule has 0 N–H and O–H groups in total. The topological polar surface area (TPSA) is 9.23 Å². The van der Waals surface area contributed by atoms with Gasteiger partial charge in [0.25, 0.3) is 0 Å². The summed E-state index contributed by atoms with van der Waals surface area (Å²) in [5.74, 6) is 0.757. The second kappa shape index (κ2) is 8.61. The Labute approximate surface area is 88.2 Å². The molecule has 14 heavy (non-hydrogen) atoms. The molecule has 0 rings (SSSR count). The number of allylic oxidation sites excluding steroid dienone is 3. The van der Waals surface area contributed by atoms with Gasteiger partial charge in [0.05, 0.1) is 6.61 Å². The van der Waals surface area contributed by atoms with Crippen LogP contribution in [-0.2, 0) is 4.74 Å². The van der Waals surface area contributed by atoms with Gasteiger partial charge in [-0.1, -0.05) is 18.2 Å². The van der Waals surface area contributed by atoms with E-state index in [2.05, 4.69) is 26.2 Å². The van der Waals surface area contributed by atoms with Crippen molar-refractivity contribution in [3.8, 4) is 0 Å². The van der Waals surface area contributed by atoms with Gasteiger partial charge < -0.3 is 4.74 Å². The predicted molar refractivity (Wildman–Crippen MR) is 63.2 cm³/mol. The van der Waals surface area contributed by atoms with Crippen molar-refractivity contribution in [3.05, 3.63) is 36.6 Å². The SMILES string of the molecule is C=C(C)CCCC/C=C/C(=C)OCC. The first-order valence-corrected chi connectivity index (χ1v) is 5.29. The van der Waals surface area contributed by atoms with Crippen LogP contribution in [-0.4, -0.2) is 6.61 Å². The average Bonchev–Trinajstić information content (AvgIpc) is 2.11. The van der Waals surface area contributed by atoms with Gasteiger partial charge >= 0.3 is 0 Å². The standard InChI is InChI=1S/C13H22O/c1-5-14-13(4)11-9-7-6-8-10-12(2)3/h9,11H,2,4-8,10H2,1,3H3/b11-9+. The van der Waals surface area contributed by atoms with Gasteiger partial charge in [0.2, 0.25) is 0 Å². The number of unbranched alkanes of at least 4 members (excludes halogenated alkanes) is 2. The third-order valence-corrected chi connectivity index (χ3v) is 1.86. The Hall–Kier alpha value is -0.980. The van der Waals surface area contributed by atoms with Gasteiger partial charge in [-0.25, -0.2) is 0 Å². The molecule has 1 nitrogen and oxygen atoms in total. The van der Waals surface area contributed by atoms with Crippen LogP contribution in [0.5, 0.6) is 0 Å². The highest BCUT2D eigenvalue weighted by Gasteiger charge is 1.88. The van der Waals surface area contributed by atoms with E-state index in [0.29, 0.717) is 6.61 Å². The van der Waals surface area contributed by atoms with Gasteiger partial charge in [-0.2, -0.15) is 0 Å². The zero-order chi connectivity index (χ0) is 10.8. The fourth-order valence-corrected chi connectivity index (χ4v) is 1.14. The van der Waals surface area contributed by atoms with Crippen molar-refractivity contribution >= 4 is 0 Å². The lowest BCUT2D eigenvalue weighted by Gasteiger charge is -2.00. The summed E-state index contributed by atoms with van der Waals surface area (Å²) in [5, 5.41) is 0. The maximum atomic E-state index is 5.19. The zero-order valence-electron chi connectivity index (χ0n) is 9.51.